The molecular weight excluding hydrogens is 222 g/mol. The summed E-state index contributed by atoms with van der Waals surface area (Å²) >= 11 is 4.93. The number of carbonyl (C=O) groups is 1. The van der Waals surface area contributed by atoms with Gasteiger partial charge in [0.15, 0.2) is 0 Å². The molecule has 0 aromatic carbocycles. The zero-order valence-electron chi connectivity index (χ0n) is 9.87. The van der Waals surface area contributed by atoms with E-state index < -0.39 is 0 Å². The maximum atomic E-state index is 11.6. The van der Waals surface area contributed by atoms with Crippen molar-refractivity contribution in [1.29, 1.82) is 0 Å². The molecule has 0 aromatic heterocycles. The van der Waals surface area contributed by atoms with Crippen molar-refractivity contribution in [3.8, 4) is 0 Å². The smallest absolute Gasteiger partial charge is 0.234 e. The molecule has 1 saturated carbocycles. The first-order valence-electron chi connectivity index (χ1n) is 5.92. The van der Waals surface area contributed by atoms with Crippen molar-refractivity contribution >= 4 is 23.1 Å². The first-order valence-corrected chi connectivity index (χ1v) is 6.33. The summed E-state index contributed by atoms with van der Waals surface area (Å²) in [6.45, 7) is 3.56. The maximum Gasteiger partial charge on any atom is 0.234 e. The van der Waals surface area contributed by atoms with E-state index in [2.05, 4.69) is 10.2 Å². The molecule has 0 aromatic rings. The Morgan fingerprint density at radius 2 is 2.06 bits per heavy atom. The number of likely N-dealkylation sites (N-methyl/N-ethyl adjacent to an activating group) is 1. The number of amides is 1. The largest absolute Gasteiger partial charge is 0.392 e. The third-order valence-electron chi connectivity index (χ3n) is 2.92. The van der Waals surface area contributed by atoms with E-state index in [1.165, 1.54) is 12.8 Å². The number of carbonyl (C=O) groups excluding carboxylic acids is 1. The van der Waals surface area contributed by atoms with Gasteiger partial charge in [-0.05, 0) is 19.8 Å². The highest BCUT2D eigenvalue weighted by atomic mass is 32.1. The second kappa shape index (κ2) is 6.81. The number of hydrogen-bond donors (Lipinski definition) is 2. The topological polar surface area (TPSA) is 58.4 Å². The fourth-order valence-electron chi connectivity index (χ4n) is 2.22. The van der Waals surface area contributed by atoms with Crippen LogP contribution in [0.15, 0.2) is 0 Å². The van der Waals surface area contributed by atoms with Gasteiger partial charge in [-0.1, -0.05) is 25.1 Å². The van der Waals surface area contributed by atoms with Crippen LogP contribution < -0.4 is 11.1 Å². The normalized spacial score (nSPS) is 16.6. The number of nitrogens with two attached hydrogens (primary N) is 1. The van der Waals surface area contributed by atoms with Crippen LogP contribution in [0.3, 0.4) is 0 Å². The zero-order valence-corrected chi connectivity index (χ0v) is 10.7. The van der Waals surface area contributed by atoms with Crippen molar-refractivity contribution in [3.63, 3.8) is 0 Å². The Balaban J connectivity index is 2.48. The molecular formula is C11H21N3OS. The van der Waals surface area contributed by atoms with E-state index in [9.17, 15) is 4.79 Å². The second-order valence-electron chi connectivity index (χ2n) is 4.26. The number of rotatable bonds is 6. The molecule has 1 aliphatic rings. The summed E-state index contributed by atoms with van der Waals surface area (Å²) in [7, 11) is 0. The molecule has 0 unspecified atom stereocenters. The van der Waals surface area contributed by atoms with Gasteiger partial charge in [-0.15, -0.1) is 0 Å². The highest BCUT2D eigenvalue weighted by Gasteiger charge is 2.24. The molecule has 0 spiro atoms. The van der Waals surface area contributed by atoms with Gasteiger partial charge in [-0.3, -0.25) is 9.69 Å². The fraction of sp³-hybridized carbons (Fsp3) is 0.818. The molecule has 1 rings (SSSR count). The van der Waals surface area contributed by atoms with Gasteiger partial charge in [0, 0.05) is 19.1 Å². The molecule has 16 heavy (non-hydrogen) atoms. The second-order valence-corrected chi connectivity index (χ2v) is 4.79. The average Bonchev–Trinajstić information content (AvgIpc) is 2.68. The molecule has 0 aliphatic heterocycles. The summed E-state index contributed by atoms with van der Waals surface area (Å²) < 4.78 is 0. The van der Waals surface area contributed by atoms with Crippen LogP contribution in [0.2, 0.25) is 0 Å². The molecule has 0 bridgehead atoms. The lowest BCUT2D eigenvalue weighted by Gasteiger charge is -2.27. The minimum Gasteiger partial charge on any atom is -0.392 e. The summed E-state index contributed by atoms with van der Waals surface area (Å²) in [6, 6.07) is 0.476. The Hall–Kier alpha value is -0.680. The van der Waals surface area contributed by atoms with Gasteiger partial charge in [0.05, 0.1) is 11.5 Å². The van der Waals surface area contributed by atoms with Crippen LogP contribution in [-0.4, -0.2) is 41.5 Å². The Labute approximate surface area is 103 Å². The van der Waals surface area contributed by atoms with Crippen LogP contribution in [0.5, 0.6) is 0 Å². The van der Waals surface area contributed by atoms with Gasteiger partial charge in [0.2, 0.25) is 5.91 Å². The van der Waals surface area contributed by atoms with Gasteiger partial charge >= 0.3 is 0 Å². The summed E-state index contributed by atoms with van der Waals surface area (Å²) in [5.74, 6) is 0.0608. The molecule has 0 radical (unpaired) electrons. The summed E-state index contributed by atoms with van der Waals surface area (Å²) in [5.41, 5.74) is 5.57. The van der Waals surface area contributed by atoms with Crippen LogP contribution >= 0.6 is 12.2 Å². The molecule has 3 N–H and O–H groups in total. The predicted octanol–water partition coefficient (Wildman–Crippen LogP) is 0.653. The monoisotopic (exact) mass is 243 g/mol. The molecule has 4 nitrogen and oxygen atoms in total. The average molecular weight is 243 g/mol. The Morgan fingerprint density at radius 3 is 2.56 bits per heavy atom. The number of nitrogens with one attached hydrogen (secondary N) is 1. The van der Waals surface area contributed by atoms with Crippen LogP contribution in [0, 0.1) is 0 Å². The molecule has 0 heterocycles. The van der Waals surface area contributed by atoms with Crippen LogP contribution in [-0.2, 0) is 4.79 Å². The first-order chi connectivity index (χ1) is 7.63. The van der Waals surface area contributed by atoms with Gasteiger partial charge < -0.3 is 11.1 Å². The highest BCUT2D eigenvalue weighted by molar-refractivity contribution is 7.80. The third-order valence-corrected chi connectivity index (χ3v) is 3.05. The van der Waals surface area contributed by atoms with E-state index in [4.69, 9.17) is 18.0 Å². The van der Waals surface area contributed by atoms with E-state index >= 15 is 0 Å². The molecule has 0 saturated heterocycles. The number of nitrogens with zero attached hydrogens (tertiary/aromatic N) is 1. The quantitative estimate of drug-likeness (QED) is 0.673. The first kappa shape index (κ1) is 13.4. The Bertz CT molecular complexity index is 252. The Morgan fingerprint density at radius 1 is 1.44 bits per heavy atom. The standard InChI is InChI=1S/C11H21N3OS/c1-2-13-11(15)8-14(7-10(12)16)9-5-3-4-6-9/h9H,2-8H2,1H3,(H2,12,16)(H,13,15). The fourth-order valence-corrected chi connectivity index (χ4v) is 2.39. The predicted molar refractivity (Wildman–Crippen MR) is 69.3 cm³/mol. The van der Waals surface area contributed by atoms with Crippen molar-refractivity contribution in [2.45, 2.75) is 38.6 Å². The van der Waals surface area contributed by atoms with Crippen LogP contribution in [0.4, 0.5) is 0 Å². The molecule has 0 atom stereocenters. The van der Waals surface area contributed by atoms with Crippen molar-refractivity contribution < 1.29 is 4.79 Å². The van der Waals surface area contributed by atoms with E-state index in [0.717, 1.165) is 12.8 Å². The number of thiocarbonyl (C=S) groups is 1. The van der Waals surface area contributed by atoms with Gasteiger partial charge in [-0.25, -0.2) is 0 Å². The van der Waals surface area contributed by atoms with E-state index in [-0.39, 0.29) is 5.91 Å². The van der Waals surface area contributed by atoms with E-state index in [1.807, 2.05) is 6.92 Å². The highest BCUT2D eigenvalue weighted by Crippen LogP contribution is 2.22. The molecule has 92 valence electrons. The van der Waals surface area contributed by atoms with Gasteiger partial charge in [0.25, 0.3) is 0 Å². The van der Waals surface area contributed by atoms with Crippen molar-refractivity contribution in [2.75, 3.05) is 19.6 Å². The van der Waals surface area contributed by atoms with Gasteiger partial charge in [-0.2, -0.15) is 0 Å². The molecule has 1 amide bonds. The third kappa shape index (κ3) is 4.45. The zero-order chi connectivity index (χ0) is 12.0. The van der Waals surface area contributed by atoms with Crippen LogP contribution in [0.25, 0.3) is 0 Å². The summed E-state index contributed by atoms with van der Waals surface area (Å²) in [5, 5.41) is 2.81. The van der Waals surface area contributed by atoms with Crippen molar-refractivity contribution in [1.82, 2.24) is 10.2 Å². The lowest BCUT2D eigenvalue weighted by atomic mass is 10.2. The SMILES string of the molecule is CCNC(=O)CN(CC(N)=S)C1CCCC1. The van der Waals surface area contributed by atoms with Gasteiger partial charge in [0.1, 0.15) is 0 Å². The number of hydrogen-bond acceptors (Lipinski definition) is 3. The minimum atomic E-state index is 0.0608. The van der Waals surface area contributed by atoms with Crippen LogP contribution in [0.1, 0.15) is 32.6 Å². The molecule has 1 aliphatic carbocycles. The molecule has 5 heteroatoms. The molecule has 1 fully saturated rings. The summed E-state index contributed by atoms with van der Waals surface area (Å²) in [6.07, 6.45) is 4.80. The van der Waals surface area contributed by atoms with E-state index in [0.29, 0.717) is 30.7 Å². The Kier molecular flexibility index (Phi) is 5.69. The minimum absolute atomic E-state index is 0.0608. The maximum absolute atomic E-state index is 11.6. The van der Waals surface area contributed by atoms with Crippen molar-refractivity contribution in [2.24, 2.45) is 5.73 Å². The summed E-state index contributed by atoms with van der Waals surface area (Å²) in [4.78, 5) is 14.1. The van der Waals surface area contributed by atoms with E-state index in [1.54, 1.807) is 0 Å². The van der Waals surface area contributed by atoms with Crippen molar-refractivity contribution in [3.05, 3.63) is 0 Å². The lowest BCUT2D eigenvalue weighted by molar-refractivity contribution is -0.122. The lowest BCUT2D eigenvalue weighted by Crippen LogP contribution is -2.45.